The number of benzene rings is 2. The number of alkyl carbamates (subject to hydrolysis) is 1. The van der Waals surface area contributed by atoms with Crippen LogP contribution in [0.25, 0.3) is 0 Å². The van der Waals surface area contributed by atoms with Crippen molar-refractivity contribution in [2.24, 2.45) is 0 Å². The van der Waals surface area contributed by atoms with E-state index in [4.69, 9.17) is 13.8 Å². The van der Waals surface area contributed by atoms with Crippen LogP contribution in [0.1, 0.15) is 19.4 Å². The number of hydrogen-bond acceptors (Lipinski definition) is 8. The van der Waals surface area contributed by atoms with E-state index in [-0.39, 0.29) is 24.8 Å². The number of nitro benzene ring substituents is 1. The number of carbonyl (C=O) groups is 1. The molecule has 1 atom stereocenters. The highest BCUT2D eigenvalue weighted by atomic mass is 31.2. The average Bonchev–Trinajstić information content (AvgIpc) is 2.78. The molecule has 0 aliphatic heterocycles. The number of nitro groups is 1. The third kappa shape index (κ3) is 8.37. The summed E-state index contributed by atoms with van der Waals surface area (Å²) < 4.78 is 29.4. The molecule has 31 heavy (non-hydrogen) atoms. The van der Waals surface area contributed by atoms with Gasteiger partial charge in [-0.05, 0) is 30.8 Å². The van der Waals surface area contributed by atoms with E-state index in [2.05, 4.69) is 5.32 Å². The summed E-state index contributed by atoms with van der Waals surface area (Å²) in [6, 6.07) is 14.2. The zero-order chi connectivity index (χ0) is 22.7. The van der Waals surface area contributed by atoms with Crippen LogP contribution in [0.2, 0.25) is 0 Å². The summed E-state index contributed by atoms with van der Waals surface area (Å²) in [5.41, 5.74) is 0.676. The molecule has 0 aromatic heterocycles. The molecule has 1 amide bonds. The van der Waals surface area contributed by atoms with Gasteiger partial charge in [0, 0.05) is 12.1 Å². The lowest BCUT2D eigenvalue weighted by atomic mass is 10.2. The molecule has 11 heteroatoms. The second kappa shape index (κ2) is 12.0. The Morgan fingerprint density at radius 3 is 2.32 bits per heavy atom. The summed E-state index contributed by atoms with van der Waals surface area (Å²) in [4.78, 5) is 24.2. The molecule has 10 nitrogen and oxygen atoms in total. The van der Waals surface area contributed by atoms with Crippen LogP contribution in [0, 0.1) is 10.1 Å². The fraction of sp³-hybridized carbons (Fsp3) is 0.350. The van der Waals surface area contributed by atoms with E-state index < -0.39 is 24.9 Å². The van der Waals surface area contributed by atoms with Gasteiger partial charge in [-0.3, -0.25) is 19.5 Å². The van der Waals surface area contributed by atoms with Gasteiger partial charge in [0.25, 0.3) is 5.69 Å². The lowest BCUT2D eigenvalue weighted by Crippen LogP contribution is -2.30. The molecular weight excluding hydrogens is 425 g/mol. The van der Waals surface area contributed by atoms with E-state index >= 15 is 0 Å². The highest BCUT2D eigenvalue weighted by Gasteiger charge is 2.29. The molecule has 168 valence electrons. The Morgan fingerprint density at radius 1 is 1.10 bits per heavy atom. The van der Waals surface area contributed by atoms with Gasteiger partial charge in [0.15, 0.2) is 0 Å². The molecule has 0 fully saturated rings. The largest absolute Gasteiger partial charge is 0.445 e. The second-order valence-electron chi connectivity index (χ2n) is 6.41. The first-order chi connectivity index (χ1) is 14.8. The Kier molecular flexibility index (Phi) is 9.45. The summed E-state index contributed by atoms with van der Waals surface area (Å²) in [6.07, 6.45) is -1.21. The van der Waals surface area contributed by atoms with Crippen molar-refractivity contribution in [3.8, 4) is 5.75 Å². The number of nitrogens with zero attached hydrogens (tertiary/aromatic N) is 2. The first kappa shape index (κ1) is 24.3. The van der Waals surface area contributed by atoms with Crippen molar-refractivity contribution in [3.05, 3.63) is 70.3 Å². The number of rotatable bonds is 12. The smallest absolute Gasteiger partial charge is 0.408 e. The molecule has 0 saturated heterocycles. The average molecular weight is 451 g/mol. The molecule has 1 unspecified atom stereocenters. The van der Waals surface area contributed by atoms with Crippen LogP contribution in [0.3, 0.4) is 0 Å². The topological polar surface area (TPSA) is 120 Å². The van der Waals surface area contributed by atoms with Crippen LogP contribution in [0.15, 0.2) is 54.6 Å². The van der Waals surface area contributed by atoms with E-state index in [0.29, 0.717) is 13.1 Å². The highest BCUT2D eigenvalue weighted by molar-refractivity contribution is 7.54. The first-order valence-electron chi connectivity index (χ1n) is 9.69. The number of nitrogens with one attached hydrogen (secondary N) is 1. The van der Waals surface area contributed by atoms with Gasteiger partial charge < -0.3 is 14.6 Å². The molecular formula is C20H26N3O7P. The Balaban J connectivity index is 2.01. The predicted octanol–water partition coefficient (Wildman–Crippen LogP) is 4.37. The van der Waals surface area contributed by atoms with Gasteiger partial charge in [0.1, 0.15) is 25.4 Å². The van der Waals surface area contributed by atoms with E-state index in [1.165, 1.54) is 24.3 Å². The third-order valence-corrected chi connectivity index (χ3v) is 5.80. The third-order valence-electron chi connectivity index (χ3n) is 4.25. The number of hydrogen-bond donors (Lipinski definition) is 1. The van der Waals surface area contributed by atoms with Crippen LogP contribution < -0.4 is 9.84 Å². The maximum atomic E-state index is 13.2. The summed E-state index contributed by atoms with van der Waals surface area (Å²) in [5, 5.41) is 13.2. The van der Waals surface area contributed by atoms with Gasteiger partial charge in [0.05, 0.1) is 4.92 Å². The Morgan fingerprint density at radius 2 is 1.74 bits per heavy atom. The Hall–Kier alpha value is -2.94. The summed E-state index contributed by atoms with van der Waals surface area (Å²) in [5.74, 6) is 0.118. The molecule has 2 aromatic rings. The number of ether oxygens (including phenoxy) is 1. The molecule has 1 N–H and O–H groups in total. The van der Waals surface area contributed by atoms with Crippen LogP contribution in [0.4, 0.5) is 10.5 Å². The van der Waals surface area contributed by atoms with E-state index in [9.17, 15) is 19.5 Å². The van der Waals surface area contributed by atoms with Gasteiger partial charge in [-0.2, -0.15) is 0 Å². The van der Waals surface area contributed by atoms with Crippen LogP contribution >= 0.6 is 7.60 Å². The maximum Gasteiger partial charge on any atom is 0.408 e. The number of non-ortho nitro benzene ring substituents is 1. The van der Waals surface area contributed by atoms with Crippen molar-refractivity contribution in [1.82, 2.24) is 10.2 Å². The molecule has 0 aliphatic carbocycles. The molecule has 0 radical (unpaired) electrons. The van der Waals surface area contributed by atoms with E-state index in [0.717, 1.165) is 5.56 Å². The van der Waals surface area contributed by atoms with Crippen LogP contribution in [-0.2, 0) is 20.4 Å². The van der Waals surface area contributed by atoms with Gasteiger partial charge in [0.2, 0.25) is 0 Å². The van der Waals surface area contributed by atoms with Gasteiger partial charge in [-0.1, -0.05) is 44.2 Å². The zero-order valence-corrected chi connectivity index (χ0v) is 18.3. The molecule has 2 aromatic carbocycles. The number of amides is 1. The molecule has 0 aliphatic rings. The predicted molar refractivity (Wildman–Crippen MR) is 115 cm³/mol. The quantitative estimate of drug-likeness (QED) is 0.219. The van der Waals surface area contributed by atoms with Gasteiger partial charge in [-0.25, -0.2) is 9.36 Å². The Bertz CT molecular complexity index is 889. The van der Waals surface area contributed by atoms with Gasteiger partial charge in [-0.15, -0.1) is 0 Å². The van der Waals surface area contributed by atoms with Crippen molar-refractivity contribution in [2.45, 2.75) is 20.5 Å². The summed E-state index contributed by atoms with van der Waals surface area (Å²) in [6.45, 7) is 5.27. The maximum absolute atomic E-state index is 13.2. The fourth-order valence-electron chi connectivity index (χ4n) is 2.40. The summed E-state index contributed by atoms with van der Waals surface area (Å²) >= 11 is 0. The van der Waals surface area contributed by atoms with Gasteiger partial charge >= 0.3 is 13.7 Å². The minimum atomic E-state index is -3.83. The lowest BCUT2D eigenvalue weighted by Gasteiger charge is -2.24. The zero-order valence-electron chi connectivity index (χ0n) is 17.4. The summed E-state index contributed by atoms with van der Waals surface area (Å²) in [7, 11) is -3.83. The minimum Gasteiger partial charge on any atom is -0.445 e. The lowest BCUT2D eigenvalue weighted by molar-refractivity contribution is -0.384. The number of carbonyl (C=O) groups excluding carboxylic acids is 1. The van der Waals surface area contributed by atoms with Crippen molar-refractivity contribution < 1.29 is 28.1 Å². The van der Waals surface area contributed by atoms with Crippen molar-refractivity contribution in [3.63, 3.8) is 0 Å². The SMILES string of the molecule is CCN(CC)COP(=O)(CNC(=O)OCc1ccccc1)Oc1ccc([N+](=O)[O-])cc1. The van der Waals surface area contributed by atoms with E-state index in [1.807, 2.05) is 49.1 Å². The van der Waals surface area contributed by atoms with Crippen LogP contribution in [0.5, 0.6) is 5.75 Å². The van der Waals surface area contributed by atoms with Crippen molar-refractivity contribution in [1.29, 1.82) is 0 Å². The Labute approximate surface area is 180 Å². The first-order valence-corrected chi connectivity index (χ1v) is 11.4. The molecule has 0 spiro atoms. The second-order valence-corrected chi connectivity index (χ2v) is 8.39. The monoisotopic (exact) mass is 451 g/mol. The standard InChI is InChI=1S/C20H26N3O7P/c1-3-22(4-2)16-29-31(27,30-19-12-10-18(11-13-19)23(25)26)15-21-20(24)28-14-17-8-6-5-7-9-17/h5-13H,3-4,14-16H2,1-2H3,(H,21,24). The molecule has 0 saturated carbocycles. The van der Waals surface area contributed by atoms with E-state index in [1.54, 1.807) is 0 Å². The molecule has 0 bridgehead atoms. The highest BCUT2D eigenvalue weighted by Crippen LogP contribution is 2.47. The molecule has 0 heterocycles. The van der Waals surface area contributed by atoms with Crippen LogP contribution in [-0.4, -0.2) is 42.0 Å². The normalized spacial score (nSPS) is 12.7. The van der Waals surface area contributed by atoms with Crippen molar-refractivity contribution >= 4 is 19.4 Å². The fourth-order valence-corrected chi connectivity index (χ4v) is 3.72. The molecule has 2 rings (SSSR count). The van der Waals surface area contributed by atoms with Crippen molar-refractivity contribution in [2.75, 3.05) is 26.1 Å². The minimum absolute atomic E-state index is 0.0258.